The molecule has 6 N–H and O–H groups in total. The summed E-state index contributed by atoms with van der Waals surface area (Å²) in [5, 5.41) is 51.3. The molecule has 0 atom stereocenters. The van der Waals surface area contributed by atoms with E-state index in [0.717, 1.165) is 0 Å². The number of carboxylic acid groups (broad SMARTS) is 6. The molecule has 0 radical (unpaired) electrons. The van der Waals surface area contributed by atoms with Crippen molar-refractivity contribution in [3.63, 3.8) is 0 Å². The van der Waals surface area contributed by atoms with Crippen molar-refractivity contribution < 1.29 is 59.4 Å². The zero-order valence-electron chi connectivity index (χ0n) is 18.1. The number of hydrogen-bond acceptors (Lipinski definition) is 6. The molecule has 0 heterocycles. The predicted molar refractivity (Wildman–Crippen MR) is 150 cm³/mol. The summed E-state index contributed by atoms with van der Waals surface area (Å²) in [5.74, 6) is -7.37. The van der Waals surface area contributed by atoms with Crippen LogP contribution < -0.4 is 0 Å². The van der Waals surface area contributed by atoms with Crippen molar-refractivity contribution in [1.82, 2.24) is 0 Å². The van der Waals surface area contributed by atoms with Gasteiger partial charge in [0, 0.05) is 0 Å². The number of carbonyl (C=O) groups is 6. The molecule has 194 valence electrons. The molecule has 0 aliphatic carbocycles. The maximum absolute atomic E-state index is 10.5. The topological polar surface area (TPSA) is 224 Å². The summed E-state index contributed by atoms with van der Waals surface area (Å²) < 4.78 is 0. The van der Waals surface area contributed by atoms with Gasteiger partial charge in [-0.3, -0.25) is 0 Å². The third-order valence-corrected chi connectivity index (χ3v) is 4.16. The Morgan fingerprint density at radius 2 is 0.400 bits per heavy atom. The van der Waals surface area contributed by atoms with Crippen molar-refractivity contribution in [3.05, 3.63) is 106 Å². The first-order valence-corrected chi connectivity index (χ1v) is 9.55. The van der Waals surface area contributed by atoms with E-state index in [-0.39, 0.29) is 239 Å². The van der Waals surface area contributed by atoms with E-state index in [1.807, 2.05) is 0 Å². The quantitative estimate of drug-likeness (QED) is 0.201. The Bertz CT molecular complexity index is 1070. The number of carboxylic acids is 6. The summed E-state index contributed by atoms with van der Waals surface area (Å²) in [4.78, 5) is 62.8. The molecule has 0 saturated carbocycles. The Labute approximate surface area is 397 Å². The molecule has 0 aromatic heterocycles. The second-order valence-electron chi connectivity index (χ2n) is 6.47. The fourth-order valence-electron chi connectivity index (χ4n) is 2.57. The third-order valence-electron chi connectivity index (χ3n) is 4.16. The Morgan fingerprint density at radius 3 is 0.475 bits per heavy atom. The first kappa shape index (κ1) is 47.9. The minimum absolute atomic E-state index is 0. The number of benzene rings is 3. The van der Waals surface area contributed by atoms with Crippen molar-refractivity contribution in [2.75, 3.05) is 0 Å². The van der Waals surface area contributed by atoms with Gasteiger partial charge in [-0.1, -0.05) is 36.4 Å². The monoisotopic (exact) mass is 658 g/mol. The maximum atomic E-state index is 10.5. The second-order valence-corrected chi connectivity index (χ2v) is 6.47. The van der Waals surface area contributed by atoms with Crippen LogP contribution >= 0.6 is 0 Å². The molecule has 0 bridgehead atoms. The Hall–Kier alpha value is 1.03. The zero-order chi connectivity index (χ0) is 27.4. The molecule has 3 aromatic rings. The van der Waals surface area contributed by atoms with Crippen molar-refractivity contribution >= 4 is 241 Å². The van der Waals surface area contributed by atoms with Crippen LogP contribution in [-0.4, -0.2) is 272 Å². The molecule has 0 fully saturated rings. The number of aromatic carboxylic acids is 6. The van der Waals surface area contributed by atoms with Crippen LogP contribution in [0.25, 0.3) is 0 Å². The van der Waals surface area contributed by atoms with E-state index >= 15 is 0 Å². The molecule has 16 heteroatoms. The van der Waals surface area contributed by atoms with Crippen LogP contribution in [0.15, 0.2) is 72.8 Å². The Kier molecular flexibility index (Phi) is 30.4. The summed E-state index contributed by atoms with van der Waals surface area (Å²) in [6, 6.07) is 16.4. The summed E-state index contributed by atoms with van der Waals surface area (Å²) in [6.45, 7) is 0. The zero-order valence-corrected chi connectivity index (χ0v) is 18.1. The third kappa shape index (κ3) is 16.8. The molecular formula is C24H22K4O12. The van der Waals surface area contributed by atoms with Gasteiger partial charge in [0.05, 0.1) is 33.4 Å². The second kappa shape index (κ2) is 25.4. The molecule has 0 aliphatic rings. The van der Waals surface area contributed by atoms with Crippen molar-refractivity contribution in [1.29, 1.82) is 0 Å². The van der Waals surface area contributed by atoms with Gasteiger partial charge >= 0.3 is 241 Å². The molecule has 0 saturated heterocycles. The van der Waals surface area contributed by atoms with Gasteiger partial charge in [0.1, 0.15) is 0 Å². The average Bonchev–Trinajstić information content (AvgIpc) is 2.84. The van der Waals surface area contributed by atoms with E-state index in [1.165, 1.54) is 72.8 Å². The van der Waals surface area contributed by atoms with Gasteiger partial charge in [0.25, 0.3) is 0 Å². The van der Waals surface area contributed by atoms with Crippen LogP contribution in [0.5, 0.6) is 0 Å². The van der Waals surface area contributed by atoms with Gasteiger partial charge in [0.2, 0.25) is 0 Å². The fraction of sp³-hybridized carbons (Fsp3) is 0. The van der Waals surface area contributed by atoms with Gasteiger partial charge in [-0.2, -0.15) is 0 Å². The van der Waals surface area contributed by atoms with E-state index < -0.39 is 35.8 Å². The standard InChI is InChI=1S/3C8H6O4.4K.4H/c3*9-7(10)5-3-1-2-4-6(5)8(11)12;;;;;;;;/h3*1-4H,(H,9,10)(H,11,12);;;;;;;;. The van der Waals surface area contributed by atoms with E-state index in [9.17, 15) is 28.8 Å². The van der Waals surface area contributed by atoms with Crippen LogP contribution in [0.3, 0.4) is 0 Å². The molecule has 40 heavy (non-hydrogen) atoms. The molecule has 0 aliphatic heterocycles. The van der Waals surface area contributed by atoms with Crippen molar-refractivity contribution in [2.24, 2.45) is 0 Å². The molecule has 0 unspecified atom stereocenters. The van der Waals surface area contributed by atoms with E-state index in [2.05, 4.69) is 0 Å². The van der Waals surface area contributed by atoms with Crippen LogP contribution in [0.2, 0.25) is 0 Å². The summed E-state index contributed by atoms with van der Waals surface area (Å²) in [7, 11) is 0. The van der Waals surface area contributed by atoms with Gasteiger partial charge < -0.3 is 30.6 Å². The summed E-state index contributed by atoms with van der Waals surface area (Å²) in [6.07, 6.45) is 0. The molecule has 3 rings (SSSR count). The number of rotatable bonds is 6. The fourth-order valence-corrected chi connectivity index (χ4v) is 2.57. The Balaban J connectivity index is -0.000000231. The molecular weight excluding hydrogens is 637 g/mol. The van der Waals surface area contributed by atoms with Crippen LogP contribution in [0, 0.1) is 0 Å². The van der Waals surface area contributed by atoms with Crippen LogP contribution in [0.1, 0.15) is 62.1 Å². The first-order valence-electron chi connectivity index (χ1n) is 9.55. The summed E-state index contributed by atoms with van der Waals surface area (Å²) in [5.41, 5.74) is -1.14. The Morgan fingerprint density at radius 1 is 0.300 bits per heavy atom. The predicted octanol–water partition coefficient (Wildman–Crippen LogP) is 0.655. The first-order chi connectivity index (χ1) is 16.9. The van der Waals surface area contributed by atoms with Crippen molar-refractivity contribution in [2.45, 2.75) is 0 Å². The van der Waals surface area contributed by atoms with E-state index in [4.69, 9.17) is 30.6 Å². The van der Waals surface area contributed by atoms with Gasteiger partial charge in [0.15, 0.2) is 0 Å². The molecule has 3 aromatic carbocycles. The van der Waals surface area contributed by atoms with Crippen LogP contribution in [0.4, 0.5) is 0 Å². The molecule has 12 nitrogen and oxygen atoms in total. The van der Waals surface area contributed by atoms with E-state index in [0.29, 0.717) is 0 Å². The summed E-state index contributed by atoms with van der Waals surface area (Å²) >= 11 is 0. The van der Waals surface area contributed by atoms with Crippen molar-refractivity contribution in [3.8, 4) is 0 Å². The molecule has 0 amide bonds. The number of hydrogen-bond donors (Lipinski definition) is 6. The van der Waals surface area contributed by atoms with E-state index in [1.54, 1.807) is 0 Å². The van der Waals surface area contributed by atoms with Gasteiger partial charge in [-0.25, -0.2) is 28.8 Å². The molecule has 0 spiro atoms. The minimum atomic E-state index is -1.23. The van der Waals surface area contributed by atoms with Gasteiger partial charge in [-0.05, 0) is 36.4 Å². The average molecular weight is 659 g/mol. The SMILES string of the molecule is O=C(O)c1ccccc1C(=O)O.O=C(O)c1ccccc1C(=O)O.O=C(O)c1ccccc1C(=O)O.[KH].[KH].[KH].[KH]. The normalized spacial score (nSPS) is 8.40. The van der Waals surface area contributed by atoms with Gasteiger partial charge in [-0.15, -0.1) is 0 Å². The van der Waals surface area contributed by atoms with Crippen LogP contribution in [-0.2, 0) is 0 Å².